The average molecular weight is 217 g/mol. The van der Waals surface area contributed by atoms with Crippen LogP contribution in [-0.2, 0) is 10.2 Å². The summed E-state index contributed by atoms with van der Waals surface area (Å²) in [5.41, 5.74) is 3.63. The van der Waals surface area contributed by atoms with E-state index in [-0.39, 0.29) is 17.2 Å². The highest BCUT2D eigenvalue weighted by Crippen LogP contribution is 2.38. The molecule has 0 spiro atoms. The molecule has 0 fully saturated rings. The van der Waals surface area contributed by atoms with Gasteiger partial charge in [-0.1, -0.05) is 32.9 Å². The van der Waals surface area contributed by atoms with Crippen LogP contribution in [0.5, 0.6) is 0 Å². The Morgan fingerprint density at radius 3 is 2.44 bits per heavy atom. The SMILES string of the molecule is C[C@@H]1C(=O)N(C)c2cc(C(C)(C)C)ccc21. The second-order valence-electron chi connectivity index (χ2n) is 5.64. The standard InChI is InChI=1S/C14H19NO/c1-9-11-7-6-10(14(2,3)4)8-12(11)15(5)13(9)16/h6-9H,1-5H3/t9-/m0/s1. The quantitative estimate of drug-likeness (QED) is 0.654. The summed E-state index contributed by atoms with van der Waals surface area (Å²) in [4.78, 5) is 13.6. The van der Waals surface area contributed by atoms with Gasteiger partial charge in [-0.05, 0) is 29.5 Å². The fourth-order valence-electron chi connectivity index (χ4n) is 2.21. The monoisotopic (exact) mass is 217 g/mol. The Morgan fingerprint density at radius 2 is 1.88 bits per heavy atom. The molecule has 2 rings (SSSR count). The third-order valence-electron chi connectivity index (χ3n) is 3.43. The van der Waals surface area contributed by atoms with Gasteiger partial charge < -0.3 is 4.90 Å². The lowest BCUT2D eigenvalue weighted by molar-refractivity contribution is -0.118. The molecule has 2 nitrogen and oxygen atoms in total. The molecule has 1 aromatic rings. The molecule has 1 aromatic carbocycles. The van der Waals surface area contributed by atoms with Gasteiger partial charge >= 0.3 is 0 Å². The smallest absolute Gasteiger partial charge is 0.234 e. The zero-order valence-electron chi connectivity index (χ0n) is 10.7. The van der Waals surface area contributed by atoms with E-state index in [0.717, 1.165) is 11.3 Å². The Kier molecular flexibility index (Phi) is 2.33. The Bertz CT molecular complexity index is 443. The summed E-state index contributed by atoms with van der Waals surface area (Å²) in [5, 5.41) is 0. The average Bonchev–Trinajstić information content (AvgIpc) is 2.43. The number of nitrogens with zero attached hydrogens (tertiary/aromatic N) is 1. The first-order valence-corrected chi connectivity index (χ1v) is 5.74. The molecular formula is C14H19NO. The van der Waals surface area contributed by atoms with Crippen LogP contribution >= 0.6 is 0 Å². The number of fused-ring (bicyclic) bond motifs is 1. The lowest BCUT2D eigenvalue weighted by Gasteiger charge is -2.21. The summed E-state index contributed by atoms with van der Waals surface area (Å²) >= 11 is 0. The summed E-state index contributed by atoms with van der Waals surface area (Å²) in [6.45, 7) is 8.54. The van der Waals surface area contributed by atoms with Crippen LogP contribution in [0, 0.1) is 0 Å². The predicted octanol–water partition coefficient (Wildman–Crippen LogP) is 3.06. The van der Waals surface area contributed by atoms with Crippen LogP contribution in [0.2, 0.25) is 0 Å². The van der Waals surface area contributed by atoms with E-state index in [4.69, 9.17) is 0 Å². The second kappa shape index (κ2) is 3.34. The van der Waals surface area contributed by atoms with E-state index in [9.17, 15) is 4.79 Å². The molecule has 0 bridgehead atoms. The fourth-order valence-corrected chi connectivity index (χ4v) is 2.21. The molecule has 1 heterocycles. The third kappa shape index (κ3) is 1.53. The van der Waals surface area contributed by atoms with Crippen LogP contribution in [-0.4, -0.2) is 13.0 Å². The Labute approximate surface area is 97.3 Å². The predicted molar refractivity (Wildman–Crippen MR) is 67.0 cm³/mol. The molecule has 0 N–H and O–H groups in total. The highest BCUT2D eigenvalue weighted by atomic mass is 16.2. The molecule has 0 saturated heterocycles. The number of amides is 1. The zero-order valence-corrected chi connectivity index (χ0v) is 10.7. The van der Waals surface area contributed by atoms with E-state index >= 15 is 0 Å². The van der Waals surface area contributed by atoms with Crippen molar-refractivity contribution < 1.29 is 4.79 Å². The maximum atomic E-state index is 11.8. The van der Waals surface area contributed by atoms with Crippen molar-refractivity contribution in [2.45, 2.75) is 39.0 Å². The number of carbonyl (C=O) groups excluding carboxylic acids is 1. The van der Waals surface area contributed by atoms with Gasteiger partial charge in [-0.2, -0.15) is 0 Å². The molecule has 0 aliphatic carbocycles. The second-order valence-corrected chi connectivity index (χ2v) is 5.64. The molecule has 2 heteroatoms. The molecule has 0 radical (unpaired) electrons. The Hall–Kier alpha value is -1.31. The number of hydrogen-bond donors (Lipinski definition) is 0. The van der Waals surface area contributed by atoms with Crippen LogP contribution < -0.4 is 4.90 Å². The van der Waals surface area contributed by atoms with Crippen molar-refractivity contribution in [3.63, 3.8) is 0 Å². The van der Waals surface area contributed by atoms with Gasteiger partial charge in [-0.15, -0.1) is 0 Å². The maximum Gasteiger partial charge on any atom is 0.234 e. The largest absolute Gasteiger partial charge is 0.315 e. The van der Waals surface area contributed by atoms with Crippen molar-refractivity contribution >= 4 is 11.6 Å². The summed E-state index contributed by atoms with van der Waals surface area (Å²) in [5.74, 6) is 0.204. The first-order valence-electron chi connectivity index (χ1n) is 5.74. The normalized spacial score (nSPS) is 20.2. The first-order chi connectivity index (χ1) is 7.32. The third-order valence-corrected chi connectivity index (χ3v) is 3.43. The van der Waals surface area contributed by atoms with E-state index in [2.05, 4.69) is 39.0 Å². The van der Waals surface area contributed by atoms with Crippen molar-refractivity contribution in [1.29, 1.82) is 0 Å². The minimum absolute atomic E-state index is 0.00835. The van der Waals surface area contributed by atoms with E-state index in [1.54, 1.807) is 4.90 Å². The van der Waals surface area contributed by atoms with Gasteiger partial charge in [0.25, 0.3) is 0 Å². The lowest BCUT2D eigenvalue weighted by Crippen LogP contribution is -2.22. The molecule has 0 aromatic heterocycles. The topological polar surface area (TPSA) is 20.3 Å². The number of benzene rings is 1. The minimum Gasteiger partial charge on any atom is -0.315 e. The van der Waals surface area contributed by atoms with Gasteiger partial charge in [0, 0.05) is 12.7 Å². The molecular weight excluding hydrogens is 198 g/mol. The zero-order chi connectivity index (χ0) is 12.1. The van der Waals surface area contributed by atoms with E-state index in [1.807, 2.05) is 14.0 Å². The summed E-state index contributed by atoms with van der Waals surface area (Å²) in [6.07, 6.45) is 0. The van der Waals surface area contributed by atoms with Gasteiger partial charge in [0.15, 0.2) is 0 Å². The van der Waals surface area contributed by atoms with Crippen molar-refractivity contribution in [2.75, 3.05) is 11.9 Å². The molecule has 1 aliphatic rings. The van der Waals surface area contributed by atoms with Gasteiger partial charge in [0.2, 0.25) is 5.91 Å². The molecule has 1 aliphatic heterocycles. The van der Waals surface area contributed by atoms with Crippen molar-refractivity contribution in [1.82, 2.24) is 0 Å². The number of anilines is 1. The summed E-state index contributed by atoms with van der Waals surface area (Å²) in [6, 6.07) is 6.39. The lowest BCUT2D eigenvalue weighted by atomic mass is 9.85. The molecule has 1 amide bonds. The molecule has 86 valence electrons. The summed E-state index contributed by atoms with van der Waals surface area (Å²) in [7, 11) is 1.86. The van der Waals surface area contributed by atoms with E-state index in [1.165, 1.54) is 5.56 Å². The van der Waals surface area contributed by atoms with Crippen LogP contribution in [0.4, 0.5) is 5.69 Å². The number of rotatable bonds is 0. The van der Waals surface area contributed by atoms with Crippen molar-refractivity contribution in [2.24, 2.45) is 0 Å². The van der Waals surface area contributed by atoms with Gasteiger partial charge in [0.1, 0.15) is 0 Å². The van der Waals surface area contributed by atoms with E-state index < -0.39 is 0 Å². The van der Waals surface area contributed by atoms with Crippen molar-refractivity contribution in [3.05, 3.63) is 29.3 Å². The Morgan fingerprint density at radius 1 is 1.25 bits per heavy atom. The van der Waals surface area contributed by atoms with Gasteiger partial charge in [-0.3, -0.25) is 4.79 Å². The molecule has 16 heavy (non-hydrogen) atoms. The van der Waals surface area contributed by atoms with Crippen LogP contribution in [0.15, 0.2) is 18.2 Å². The van der Waals surface area contributed by atoms with Gasteiger partial charge in [0.05, 0.1) is 5.92 Å². The fraction of sp³-hybridized carbons (Fsp3) is 0.500. The first kappa shape index (κ1) is 11.2. The summed E-state index contributed by atoms with van der Waals surface area (Å²) < 4.78 is 0. The van der Waals surface area contributed by atoms with Crippen molar-refractivity contribution in [3.8, 4) is 0 Å². The maximum absolute atomic E-state index is 11.8. The number of carbonyl (C=O) groups is 1. The van der Waals surface area contributed by atoms with Crippen LogP contribution in [0.1, 0.15) is 44.7 Å². The highest BCUT2D eigenvalue weighted by Gasteiger charge is 2.32. The van der Waals surface area contributed by atoms with Crippen LogP contribution in [0.25, 0.3) is 0 Å². The molecule has 0 saturated carbocycles. The van der Waals surface area contributed by atoms with E-state index in [0.29, 0.717) is 0 Å². The van der Waals surface area contributed by atoms with Crippen LogP contribution in [0.3, 0.4) is 0 Å². The highest BCUT2D eigenvalue weighted by molar-refractivity contribution is 6.04. The molecule has 1 atom stereocenters. The van der Waals surface area contributed by atoms with Gasteiger partial charge in [-0.25, -0.2) is 0 Å². The molecule has 0 unspecified atom stereocenters. The number of hydrogen-bond acceptors (Lipinski definition) is 1. The number of likely N-dealkylation sites (N-methyl/N-ethyl adjacent to an activating group) is 1. The minimum atomic E-state index is 0.00835. The Balaban J connectivity index is 2.54.